The Hall–Kier alpha value is -2.55. The van der Waals surface area contributed by atoms with Crippen LogP contribution in [0.15, 0.2) is 24.3 Å². The summed E-state index contributed by atoms with van der Waals surface area (Å²) in [5, 5.41) is 23.1. The Labute approximate surface area is 116 Å². The van der Waals surface area contributed by atoms with Crippen molar-refractivity contribution in [3.8, 4) is 6.07 Å². The topological polar surface area (TPSA) is 102 Å². The maximum absolute atomic E-state index is 11.9. The molecule has 6 heteroatoms. The van der Waals surface area contributed by atoms with Gasteiger partial charge in [0.05, 0.1) is 11.6 Å². The Bertz CT molecular complexity index is 554. The van der Waals surface area contributed by atoms with Crippen LogP contribution in [0.25, 0.3) is 0 Å². The number of hydrogen-bond donors (Lipinski definition) is 3. The molecule has 0 aliphatic heterocycles. The summed E-state index contributed by atoms with van der Waals surface area (Å²) in [5.74, 6) is -0.995. The van der Waals surface area contributed by atoms with E-state index in [1.807, 2.05) is 6.07 Å². The molecule has 3 N–H and O–H groups in total. The normalized spacial score (nSPS) is 16.1. The van der Waals surface area contributed by atoms with Gasteiger partial charge in [0.15, 0.2) is 0 Å². The van der Waals surface area contributed by atoms with Crippen LogP contribution >= 0.6 is 0 Å². The zero-order chi connectivity index (χ0) is 14.6. The molecule has 1 fully saturated rings. The average molecular weight is 273 g/mol. The number of carboxylic acids is 1. The molecule has 0 atom stereocenters. The lowest BCUT2D eigenvalue weighted by molar-refractivity contribution is -0.144. The van der Waals surface area contributed by atoms with Gasteiger partial charge in [-0.2, -0.15) is 5.26 Å². The van der Waals surface area contributed by atoms with Gasteiger partial charge >= 0.3 is 12.0 Å². The van der Waals surface area contributed by atoms with Gasteiger partial charge in [0.1, 0.15) is 5.54 Å². The van der Waals surface area contributed by atoms with Crippen molar-refractivity contribution in [3.05, 3.63) is 29.8 Å². The van der Waals surface area contributed by atoms with Gasteiger partial charge < -0.3 is 15.7 Å². The standard InChI is InChI=1S/C14H15N3O3/c15-9-10-3-5-11(6-4-10)16-13(20)17-14(12(18)19)7-1-2-8-14/h3-6H,1-2,7-8H2,(H,18,19)(H2,16,17,20). The van der Waals surface area contributed by atoms with Crippen molar-refractivity contribution in [2.45, 2.75) is 31.2 Å². The summed E-state index contributed by atoms with van der Waals surface area (Å²) in [6, 6.07) is 7.80. The number of rotatable bonds is 3. The second-order valence-corrected chi connectivity index (χ2v) is 4.86. The fraction of sp³-hybridized carbons (Fsp3) is 0.357. The first-order valence-corrected chi connectivity index (χ1v) is 6.38. The van der Waals surface area contributed by atoms with Gasteiger partial charge in [0.25, 0.3) is 0 Å². The van der Waals surface area contributed by atoms with Crippen molar-refractivity contribution in [2.24, 2.45) is 0 Å². The van der Waals surface area contributed by atoms with E-state index in [9.17, 15) is 14.7 Å². The Kier molecular flexibility index (Phi) is 3.89. The average Bonchev–Trinajstić information content (AvgIpc) is 2.89. The van der Waals surface area contributed by atoms with E-state index in [0.29, 0.717) is 24.1 Å². The Morgan fingerprint density at radius 1 is 1.20 bits per heavy atom. The molecule has 0 spiro atoms. The van der Waals surface area contributed by atoms with E-state index >= 15 is 0 Å². The summed E-state index contributed by atoms with van der Waals surface area (Å²) >= 11 is 0. The summed E-state index contributed by atoms with van der Waals surface area (Å²) in [7, 11) is 0. The van der Waals surface area contributed by atoms with Crippen LogP contribution in [0.5, 0.6) is 0 Å². The third-order valence-corrected chi connectivity index (χ3v) is 3.49. The molecule has 104 valence electrons. The smallest absolute Gasteiger partial charge is 0.329 e. The van der Waals surface area contributed by atoms with E-state index in [1.54, 1.807) is 24.3 Å². The van der Waals surface area contributed by atoms with Crippen LogP contribution in [0.1, 0.15) is 31.2 Å². The summed E-state index contributed by atoms with van der Waals surface area (Å²) in [6.07, 6.45) is 2.49. The lowest BCUT2D eigenvalue weighted by atomic mass is 9.98. The minimum Gasteiger partial charge on any atom is -0.480 e. The van der Waals surface area contributed by atoms with Crippen LogP contribution in [0.4, 0.5) is 10.5 Å². The number of urea groups is 1. The molecule has 2 rings (SSSR count). The number of carbonyl (C=O) groups excluding carboxylic acids is 1. The molecule has 6 nitrogen and oxygen atoms in total. The highest BCUT2D eigenvalue weighted by Gasteiger charge is 2.42. The van der Waals surface area contributed by atoms with Crippen LogP contribution in [0.2, 0.25) is 0 Å². The van der Waals surface area contributed by atoms with E-state index in [0.717, 1.165) is 12.8 Å². The zero-order valence-corrected chi connectivity index (χ0v) is 10.8. The Balaban J connectivity index is 2.01. The number of carboxylic acid groups (broad SMARTS) is 1. The number of hydrogen-bond acceptors (Lipinski definition) is 3. The predicted molar refractivity (Wildman–Crippen MR) is 72.1 cm³/mol. The number of benzene rings is 1. The molecular formula is C14H15N3O3. The van der Waals surface area contributed by atoms with Crippen LogP contribution in [0.3, 0.4) is 0 Å². The van der Waals surface area contributed by atoms with Crippen molar-refractivity contribution in [1.82, 2.24) is 5.32 Å². The number of nitrogens with one attached hydrogen (secondary N) is 2. The first-order chi connectivity index (χ1) is 9.55. The summed E-state index contributed by atoms with van der Waals surface area (Å²) < 4.78 is 0. The molecule has 0 bridgehead atoms. The van der Waals surface area contributed by atoms with Gasteiger partial charge in [-0.3, -0.25) is 0 Å². The molecule has 1 aromatic rings. The van der Waals surface area contributed by atoms with E-state index in [-0.39, 0.29) is 0 Å². The third-order valence-electron chi connectivity index (χ3n) is 3.49. The molecule has 0 radical (unpaired) electrons. The molecular weight excluding hydrogens is 258 g/mol. The first kappa shape index (κ1) is 13.9. The number of nitriles is 1. The SMILES string of the molecule is N#Cc1ccc(NC(=O)NC2(C(=O)O)CCCC2)cc1. The third kappa shape index (κ3) is 2.88. The van der Waals surface area contributed by atoms with Gasteiger partial charge in [0.2, 0.25) is 0 Å². The highest BCUT2D eigenvalue weighted by molar-refractivity contribution is 5.94. The predicted octanol–water partition coefficient (Wildman–Crippen LogP) is 2.08. The largest absolute Gasteiger partial charge is 0.480 e. The Morgan fingerprint density at radius 2 is 1.80 bits per heavy atom. The van der Waals surface area contributed by atoms with E-state index in [4.69, 9.17) is 5.26 Å². The lowest BCUT2D eigenvalue weighted by Crippen LogP contribution is -2.53. The van der Waals surface area contributed by atoms with Crippen molar-refractivity contribution in [3.63, 3.8) is 0 Å². The number of amides is 2. The van der Waals surface area contributed by atoms with Crippen LogP contribution in [0, 0.1) is 11.3 Å². The van der Waals surface area contributed by atoms with Gasteiger partial charge in [-0.1, -0.05) is 12.8 Å². The highest BCUT2D eigenvalue weighted by Crippen LogP contribution is 2.30. The van der Waals surface area contributed by atoms with Gasteiger partial charge in [0, 0.05) is 5.69 Å². The minimum atomic E-state index is -1.16. The number of aliphatic carboxylic acids is 1. The fourth-order valence-corrected chi connectivity index (χ4v) is 2.38. The van der Waals surface area contributed by atoms with Gasteiger partial charge in [-0.25, -0.2) is 9.59 Å². The highest BCUT2D eigenvalue weighted by atomic mass is 16.4. The molecule has 1 saturated carbocycles. The Morgan fingerprint density at radius 3 is 2.30 bits per heavy atom. The van der Waals surface area contributed by atoms with Crippen LogP contribution < -0.4 is 10.6 Å². The first-order valence-electron chi connectivity index (χ1n) is 6.38. The van der Waals surface area contributed by atoms with Crippen molar-refractivity contribution in [2.75, 3.05) is 5.32 Å². The second-order valence-electron chi connectivity index (χ2n) is 4.86. The maximum Gasteiger partial charge on any atom is 0.329 e. The summed E-state index contributed by atoms with van der Waals surface area (Å²) in [6.45, 7) is 0. The van der Waals surface area contributed by atoms with Crippen molar-refractivity contribution in [1.29, 1.82) is 5.26 Å². The molecule has 1 aliphatic rings. The molecule has 1 aliphatic carbocycles. The second kappa shape index (κ2) is 5.61. The fourth-order valence-electron chi connectivity index (χ4n) is 2.38. The number of carbonyl (C=O) groups is 2. The maximum atomic E-state index is 11.9. The molecule has 0 unspecified atom stereocenters. The zero-order valence-electron chi connectivity index (χ0n) is 10.8. The van der Waals surface area contributed by atoms with Crippen molar-refractivity contribution >= 4 is 17.7 Å². The van der Waals surface area contributed by atoms with Gasteiger partial charge in [-0.05, 0) is 37.1 Å². The van der Waals surface area contributed by atoms with Crippen molar-refractivity contribution < 1.29 is 14.7 Å². The van der Waals surface area contributed by atoms with E-state index in [1.165, 1.54) is 0 Å². The molecule has 0 saturated heterocycles. The summed E-state index contributed by atoms with van der Waals surface area (Å²) in [5.41, 5.74) is -0.148. The number of anilines is 1. The minimum absolute atomic E-state index is 0.448. The van der Waals surface area contributed by atoms with Crippen LogP contribution in [-0.2, 0) is 4.79 Å². The molecule has 0 heterocycles. The van der Waals surface area contributed by atoms with Crippen LogP contribution in [-0.4, -0.2) is 22.6 Å². The monoisotopic (exact) mass is 273 g/mol. The van der Waals surface area contributed by atoms with E-state index in [2.05, 4.69) is 10.6 Å². The lowest BCUT2D eigenvalue weighted by Gasteiger charge is -2.25. The molecule has 1 aromatic carbocycles. The molecule has 20 heavy (non-hydrogen) atoms. The summed E-state index contributed by atoms with van der Waals surface area (Å²) in [4.78, 5) is 23.2. The quantitative estimate of drug-likeness (QED) is 0.784. The molecule has 0 aromatic heterocycles. The number of nitrogens with zero attached hydrogens (tertiary/aromatic N) is 1. The van der Waals surface area contributed by atoms with Gasteiger partial charge in [-0.15, -0.1) is 0 Å². The molecule has 2 amide bonds. The van der Waals surface area contributed by atoms with E-state index < -0.39 is 17.5 Å².